The van der Waals surface area contributed by atoms with Crippen LogP contribution in [0.25, 0.3) is 0 Å². The second kappa shape index (κ2) is 11.6. The second-order valence-corrected chi connectivity index (χ2v) is 9.23. The van der Waals surface area contributed by atoms with Crippen LogP contribution in [0.15, 0.2) is 60.7 Å². The van der Waals surface area contributed by atoms with E-state index in [1.807, 2.05) is 18.2 Å². The van der Waals surface area contributed by atoms with Gasteiger partial charge < -0.3 is 30.5 Å². The Hall–Kier alpha value is -3.33. The molecule has 1 aliphatic rings. The number of ether oxygens (including phenoxy) is 1. The third-order valence-electron chi connectivity index (χ3n) is 5.64. The van der Waals surface area contributed by atoms with Gasteiger partial charge in [-0.25, -0.2) is 9.59 Å². The topological polar surface area (TPSA) is 85.9 Å². The lowest BCUT2D eigenvalue weighted by Gasteiger charge is -2.36. The van der Waals surface area contributed by atoms with E-state index in [1.54, 1.807) is 47.4 Å². The summed E-state index contributed by atoms with van der Waals surface area (Å²) in [6.45, 7) is 2.28. The first-order valence-electron chi connectivity index (χ1n) is 11.1. The fraction of sp³-hybridized carbons (Fsp3) is 0.200. The summed E-state index contributed by atoms with van der Waals surface area (Å²) in [6.07, 6.45) is 0. The Labute approximate surface area is 224 Å². The van der Waals surface area contributed by atoms with E-state index < -0.39 is 6.03 Å². The lowest BCUT2D eigenvalue weighted by molar-refractivity contribution is 0.208. The van der Waals surface area contributed by atoms with Crippen LogP contribution in [0.5, 0.6) is 5.75 Å². The molecule has 4 rings (SSSR count). The molecule has 0 saturated carbocycles. The standard InChI is InChI=1S/C25H24Cl3N5O3/c1-36-22-9-8-16(26)14-21(22)30-24(34)29-17-4-2-5-18(15-17)32-10-12-33(13-11-32)25(35)31-23-19(27)6-3-7-20(23)28/h2-9,14-15H,10-13H2,1H3,(H,31,35)(H2,29,30,34). The predicted molar refractivity (Wildman–Crippen MR) is 146 cm³/mol. The molecule has 188 valence electrons. The number of para-hydroxylation sites is 1. The van der Waals surface area contributed by atoms with Crippen molar-refractivity contribution in [3.05, 3.63) is 75.7 Å². The van der Waals surface area contributed by atoms with Gasteiger partial charge >= 0.3 is 12.1 Å². The monoisotopic (exact) mass is 547 g/mol. The molecule has 36 heavy (non-hydrogen) atoms. The number of nitrogens with one attached hydrogen (secondary N) is 3. The first kappa shape index (κ1) is 25.8. The highest BCUT2D eigenvalue weighted by atomic mass is 35.5. The number of hydrogen-bond donors (Lipinski definition) is 3. The number of nitrogens with zero attached hydrogens (tertiary/aromatic N) is 2. The Morgan fingerprint density at radius 3 is 2.22 bits per heavy atom. The minimum atomic E-state index is -0.424. The van der Waals surface area contributed by atoms with Gasteiger partial charge in [-0.05, 0) is 48.5 Å². The van der Waals surface area contributed by atoms with Crippen molar-refractivity contribution in [3.8, 4) is 5.75 Å². The molecule has 0 unspecified atom stereocenters. The maximum atomic E-state index is 12.7. The summed E-state index contributed by atoms with van der Waals surface area (Å²) in [5.74, 6) is 0.502. The highest BCUT2D eigenvalue weighted by molar-refractivity contribution is 6.39. The summed E-state index contributed by atoms with van der Waals surface area (Å²) >= 11 is 18.4. The Bertz CT molecular complexity index is 1250. The smallest absolute Gasteiger partial charge is 0.323 e. The number of piperazine rings is 1. The SMILES string of the molecule is COc1ccc(Cl)cc1NC(=O)Nc1cccc(N2CCN(C(=O)Nc3c(Cl)cccc3Cl)CC2)c1. The summed E-state index contributed by atoms with van der Waals surface area (Å²) in [7, 11) is 1.52. The van der Waals surface area contributed by atoms with Gasteiger partial charge in [-0.3, -0.25) is 0 Å². The fourth-order valence-corrected chi connectivity index (χ4v) is 4.48. The van der Waals surface area contributed by atoms with Crippen molar-refractivity contribution >= 4 is 69.6 Å². The van der Waals surface area contributed by atoms with Gasteiger partial charge in [0.25, 0.3) is 0 Å². The van der Waals surface area contributed by atoms with E-state index in [-0.39, 0.29) is 6.03 Å². The van der Waals surface area contributed by atoms with E-state index in [9.17, 15) is 9.59 Å². The molecule has 0 radical (unpaired) electrons. The number of amides is 4. The molecule has 1 heterocycles. The molecule has 1 aliphatic heterocycles. The zero-order valence-electron chi connectivity index (χ0n) is 19.4. The third-order valence-corrected chi connectivity index (χ3v) is 6.51. The lowest BCUT2D eigenvalue weighted by atomic mass is 10.2. The normalized spacial score (nSPS) is 13.2. The summed E-state index contributed by atoms with van der Waals surface area (Å²) in [6, 6.07) is 16.9. The van der Waals surface area contributed by atoms with Gasteiger partial charge in [0, 0.05) is 42.6 Å². The van der Waals surface area contributed by atoms with Crippen LogP contribution < -0.4 is 25.6 Å². The molecule has 0 bridgehead atoms. The number of carbonyl (C=O) groups is 2. The van der Waals surface area contributed by atoms with E-state index in [1.165, 1.54) is 7.11 Å². The molecule has 1 saturated heterocycles. The van der Waals surface area contributed by atoms with Crippen LogP contribution in [-0.2, 0) is 0 Å². The maximum Gasteiger partial charge on any atom is 0.323 e. The number of benzene rings is 3. The molecular weight excluding hydrogens is 525 g/mol. The number of hydrogen-bond acceptors (Lipinski definition) is 4. The molecule has 3 aromatic carbocycles. The molecule has 0 aromatic heterocycles. The molecule has 8 nitrogen and oxygen atoms in total. The molecule has 0 spiro atoms. The average Bonchev–Trinajstić information content (AvgIpc) is 2.86. The van der Waals surface area contributed by atoms with Crippen LogP contribution in [-0.4, -0.2) is 50.3 Å². The second-order valence-electron chi connectivity index (χ2n) is 7.97. The number of urea groups is 2. The Morgan fingerprint density at radius 2 is 1.53 bits per heavy atom. The van der Waals surface area contributed by atoms with Crippen molar-refractivity contribution in [3.63, 3.8) is 0 Å². The van der Waals surface area contributed by atoms with E-state index >= 15 is 0 Å². The van der Waals surface area contributed by atoms with Crippen LogP contribution in [0, 0.1) is 0 Å². The predicted octanol–water partition coefficient (Wildman–Crippen LogP) is 6.65. The van der Waals surface area contributed by atoms with Crippen molar-refractivity contribution in [2.45, 2.75) is 0 Å². The molecule has 0 aliphatic carbocycles. The van der Waals surface area contributed by atoms with Crippen molar-refractivity contribution in [1.29, 1.82) is 0 Å². The van der Waals surface area contributed by atoms with Gasteiger partial charge in [0.1, 0.15) is 5.75 Å². The number of halogens is 3. The number of anilines is 4. The first-order chi connectivity index (χ1) is 17.3. The van der Waals surface area contributed by atoms with Crippen molar-refractivity contribution in [2.24, 2.45) is 0 Å². The third kappa shape index (κ3) is 6.26. The van der Waals surface area contributed by atoms with Crippen LogP contribution in [0.1, 0.15) is 0 Å². The number of carbonyl (C=O) groups excluding carboxylic acids is 2. The summed E-state index contributed by atoms with van der Waals surface area (Å²) in [5, 5.41) is 9.64. The Morgan fingerprint density at radius 1 is 0.833 bits per heavy atom. The highest BCUT2D eigenvalue weighted by Crippen LogP contribution is 2.31. The molecule has 0 atom stereocenters. The number of rotatable bonds is 5. The van der Waals surface area contributed by atoms with Crippen molar-refractivity contribution < 1.29 is 14.3 Å². The van der Waals surface area contributed by atoms with Crippen LogP contribution in [0.3, 0.4) is 0 Å². The molecule has 3 aromatic rings. The van der Waals surface area contributed by atoms with Crippen molar-refractivity contribution in [2.75, 3.05) is 54.1 Å². The van der Waals surface area contributed by atoms with E-state index in [0.717, 1.165) is 5.69 Å². The molecule has 1 fully saturated rings. The largest absolute Gasteiger partial charge is 0.495 e. The lowest BCUT2D eigenvalue weighted by Crippen LogP contribution is -2.50. The minimum Gasteiger partial charge on any atom is -0.495 e. The Kier molecular flexibility index (Phi) is 8.30. The van der Waals surface area contributed by atoms with Crippen molar-refractivity contribution in [1.82, 2.24) is 4.90 Å². The molecular formula is C25H24Cl3N5O3. The zero-order chi connectivity index (χ0) is 25.7. The van der Waals surface area contributed by atoms with Crippen LogP contribution in [0.4, 0.5) is 32.3 Å². The van der Waals surface area contributed by atoms with Gasteiger partial charge in [0.05, 0.1) is 28.5 Å². The summed E-state index contributed by atoms with van der Waals surface area (Å²) in [5.41, 5.74) is 2.42. The van der Waals surface area contributed by atoms with Gasteiger partial charge in [-0.15, -0.1) is 0 Å². The van der Waals surface area contributed by atoms with Gasteiger partial charge in [0.2, 0.25) is 0 Å². The van der Waals surface area contributed by atoms with Gasteiger partial charge in [-0.2, -0.15) is 0 Å². The van der Waals surface area contributed by atoms with E-state index in [4.69, 9.17) is 39.5 Å². The first-order valence-corrected chi connectivity index (χ1v) is 12.2. The molecule has 11 heteroatoms. The fourth-order valence-electron chi connectivity index (χ4n) is 3.81. The van der Waals surface area contributed by atoms with Crippen LogP contribution >= 0.6 is 34.8 Å². The molecule has 3 N–H and O–H groups in total. The zero-order valence-corrected chi connectivity index (χ0v) is 21.6. The van der Waals surface area contributed by atoms with Gasteiger partial charge in [-0.1, -0.05) is 46.9 Å². The molecule has 4 amide bonds. The average molecular weight is 549 g/mol. The summed E-state index contributed by atoms with van der Waals surface area (Å²) < 4.78 is 5.27. The van der Waals surface area contributed by atoms with Gasteiger partial charge in [0.15, 0.2) is 0 Å². The quantitative estimate of drug-likeness (QED) is 0.333. The Balaban J connectivity index is 1.34. The van der Waals surface area contributed by atoms with E-state index in [0.29, 0.717) is 64.1 Å². The summed E-state index contributed by atoms with van der Waals surface area (Å²) in [4.78, 5) is 29.1. The van der Waals surface area contributed by atoms with Crippen LogP contribution in [0.2, 0.25) is 15.1 Å². The minimum absolute atomic E-state index is 0.256. The number of methoxy groups -OCH3 is 1. The van der Waals surface area contributed by atoms with E-state index in [2.05, 4.69) is 20.9 Å². The maximum absolute atomic E-state index is 12.7. The highest BCUT2D eigenvalue weighted by Gasteiger charge is 2.23.